The second kappa shape index (κ2) is 7.30. The molecule has 1 aromatic rings. The average Bonchev–Trinajstić information content (AvgIpc) is 2.48. The molecule has 0 saturated carbocycles. The minimum Gasteiger partial charge on any atom is -0.372 e. The van der Waals surface area contributed by atoms with Gasteiger partial charge in [0.05, 0.1) is 12.2 Å². The summed E-state index contributed by atoms with van der Waals surface area (Å²) >= 11 is 5.81. The molecule has 2 atom stereocenters. The minimum absolute atomic E-state index is 0.0307. The van der Waals surface area contributed by atoms with E-state index in [9.17, 15) is 10.1 Å². The molecule has 1 heterocycles. The van der Waals surface area contributed by atoms with Crippen LogP contribution in [0.2, 0.25) is 5.02 Å². The summed E-state index contributed by atoms with van der Waals surface area (Å²) in [6.07, 6.45) is 1.37. The van der Waals surface area contributed by atoms with Crippen LogP contribution in [0.5, 0.6) is 0 Å². The van der Waals surface area contributed by atoms with Crippen molar-refractivity contribution in [2.45, 2.75) is 26.1 Å². The normalized spacial score (nSPS) is 22.1. The molecule has 1 N–H and O–H groups in total. The number of nitrogens with one attached hydrogen (secondary N) is 1. The van der Waals surface area contributed by atoms with Gasteiger partial charge in [-0.15, -0.1) is 0 Å². The van der Waals surface area contributed by atoms with Gasteiger partial charge in [0.25, 0.3) is 5.91 Å². The molecular weight excluding hydrogens is 302 g/mol. The van der Waals surface area contributed by atoms with Crippen molar-refractivity contribution in [1.82, 2.24) is 4.90 Å². The Kier molecular flexibility index (Phi) is 5.42. The number of morpholine rings is 1. The Morgan fingerprint density at radius 2 is 1.95 bits per heavy atom. The van der Waals surface area contributed by atoms with Crippen LogP contribution in [0, 0.1) is 11.3 Å². The van der Waals surface area contributed by atoms with Crippen LogP contribution in [0.4, 0.5) is 5.69 Å². The van der Waals surface area contributed by atoms with Crippen LogP contribution in [-0.4, -0.2) is 36.1 Å². The highest BCUT2D eigenvalue weighted by Crippen LogP contribution is 2.16. The number of benzene rings is 1. The monoisotopic (exact) mass is 319 g/mol. The SMILES string of the molecule is CC1CN(C(=O)/C(C#N)=C\Nc2ccc(Cl)cc2)CC(C)O1. The number of carbonyl (C=O) groups excluding carboxylic acids is 1. The summed E-state index contributed by atoms with van der Waals surface area (Å²) in [4.78, 5) is 14.1. The van der Waals surface area contributed by atoms with Crippen molar-refractivity contribution in [3.63, 3.8) is 0 Å². The maximum absolute atomic E-state index is 12.4. The second-order valence-electron chi connectivity index (χ2n) is 5.29. The number of hydrogen-bond acceptors (Lipinski definition) is 4. The first kappa shape index (κ1) is 16.3. The lowest BCUT2D eigenvalue weighted by molar-refractivity contribution is -0.138. The Labute approximate surface area is 135 Å². The van der Waals surface area contributed by atoms with Gasteiger partial charge in [-0.3, -0.25) is 4.79 Å². The third kappa shape index (κ3) is 4.23. The average molecular weight is 320 g/mol. The maximum Gasteiger partial charge on any atom is 0.266 e. The maximum atomic E-state index is 12.4. The Balaban J connectivity index is 2.06. The number of halogens is 1. The van der Waals surface area contributed by atoms with Gasteiger partial charge in [-0.1, -0.05) is 11.6 Å². The second-order valence-corrected chi connectivity index (χ2v) is 5.72. The van der Waals surface area contributed by atoms with E-state index in [-0.39, 0.29) is 23.7 Å². The fraction of sp³-hybridized carbons (Fsp3) is 0.375. The number of rotatable bonds is 3. The predicted octanol–water partition coefficient (Wildman–Crippen LogP) is 2.80. The highest BCUT2D eigenvalue weighted by atomic mass is 35.5. The van der Waals surface area contributed by atoms with Gasteiger partial charge in [-0.05, 0) is 38.1 Å². The van der Waals surface area contributed by atoms with E-state index in [1.54, 1.807) is 29.2 Å². The number of amides is 1. The quantitative estimate of drug-likeness (QED) is 0.687. The van der Waals surface area contributed by atoms with Gasteiger partial charge in [0, 0.05) is 30.0 Å². The summed E-state index contributed by atoms with van der Waals surface area (Å²) in [5.41, 5.74) is 0.824. The van der Waals surface area contributed by atoms with Crippen LogP contribution < -0.4 is 5.32 Å². The first-order chi connectivity index (χ1) is 10.5. The summed E-state index contributed by atoms with van der Waals surface area (Å²) in [5.74, 6) is -0.286. The first-order valence-corrected chi connectivity index (χ1v) is 7.44. The summed E-state index contributed by atoms with van der Waals surface area (Å²) < 4.78 is 5.60. The van der Waals surface area contributed by atoms with Gasteiger partial charge in [0.2, 0.25) is 0 Å². The van der Waals surface area contributed by atoms with Gasteiger partial charge in [-0.25, -0.2) is 0 Å². The van der Waals surface area contributed by atoms with E-state index in [4.69, 9.17) is 16.3 Å². The number of nitrogens with zero attached hydrogens (tertiary/aromatic N) is 2. The largest absolute Gasteiger partial charge is 0.372 e. The molecule has 1 aromatic carbocycles. The number of anilines is 1. The van der Waals surface area contributed by atoms with E-state index in [2.05, 4.69) is 5.32 Å². The van der Waals surface area contributed by atoms with Crippen LogP contribution in [0.15, 0.2) is 36.0 Å². The van der Waals surface area contributed by atoms with E-state index >= 15 is 0 Å². The summed E-state index contributed by atoms with van der Waals surface area (Å²) in [6, 6.07) is 8.97. The van der Waals surface area contributed by atoms with E-state index in [0.29, 0.717) is 18.1 Å². The van der Waals surface area contributed by atoms with Crippen molar-refractivity contribution in [2.24, 2.45) is 0 Å². The van der Waals surface area contributed by atoms with Crippen molar-refractivity contribution in [3.05, 3.63) is 41.1 Å². The van der Waals surface area contributed by atoms with Crippen molar-refractivity contribution in [2.75, 3.05) is 18.4 Å². The molecule has 116 valence electrons. The molecule has 0 radical (unpaired) electrons. The number of ether oxygens (including phenoxy) is 1. The zero-order chi connectivity index (χ0) is 16.1. The van der Waals surface area contributed by atoms with Gasteiger partial charge in [0.15, 0.2) is 0 Å². The smallest absolute Gasteiger partial charge is 0.266 e. The number of hydrogen-bond donors (Lipinski definition) is 1. The lowest BCUT2D eigenvalue weighted by Gasteiger charge is -2.35. The highest BCUT2D eigenvalue weighted by Gasteiger charge is 2.27. The van der Waals surface area contributed by atoms with Crippen molar-refractivity contribution in [1.29, 1.82) is 5.26 Å². The molecule has 1 aliphatic rings. The van der Waals surface area contributed by atoms with Crippen LogP contribution in [0.1, 0.15) is 13.8 Å². The van der Waals surface area contributed by atoms with E-state index in [1.165, 1.54) is 6.20 Å². The van der Waals surface area contributed by atoms with Crippen molar-refractivity contribution in [3.8, 4) is 6.07 Å². The highest BCUT2D eigenvalue weighted by molar-refractivity contribution is 6.30. The third-order valence-electron chi connectivity index (χ3n) is 3.29. The molecular formula is C16H18ClN3O2. The molecule has 1 saturated heterocycles. The van der Waals surface area contributed by atoms with Crippen LogP contribution >= 0.6 is 11.6 Å². The summed E-state index contributed by atoms with van der Waals surface area (Å²) in [5, 5.41) is 12.8. The lowest BCUT2D eigenvalue weighted by Crippen LogP contribution is -2.48. The fourth-order valence-corrected chi connectivity index (χ4v) is 2.48. The van der Waals surface area contributed by atoms with E-state index in [0.717, 1.165) is 5.69 Å². The van der Waals surface area contributed by atoms with Crippen LogP contribution in [0.3, 0.4) is 0 Å². The molecule has 0 bridgehead atoms. The fourth-order valence-electron chi connectivity index (χ4n) is 2.36. The molecule has 6 heteroatoms. The zero-order valence-corrected chi connectivity index (χ0v) is 13.3. The molecule has 0 aliphatic carbocycles. The molecule has 2 rings (SSSR count). The Morgan fingerprint density at radius 3 is 2.50 bits per heavy atom. The first-order valence-electron chi connectivity index (χ1n) is 7.06. The van der Waals surface area contributed by atoms with E-state index in [1.807, 2.05) is 19.9 Å². The molecule has 0 aromatic heterocycles. The van der Waals surface area contributed by atoms with E-state index < -0.39 is 0 Å². The standard InChI is InChI=1S/C16H18ClN3O2/c1-11-9-20(10-12(2)22-11)16(21)13(7-18)8-19-15-5-3-14(17)4-6-15/h3-6,8,11-12,19H,9-10H2,1-2H3/b13-8-. The van der Waals surface area contributed by atoms with Crippen molar-refractivity contribution >= 4 is 23.2 Å². The van der Waals surface area contributed by atoms with Crippen LogP contribution in [-0.2, 0) is 9.53 Å². The number of nitriles is 1. The van der Waals surface area contributed by atoms with Gasteiger partial charge < -0.3 is 15.0 Å². The predicted molar refractivity (Wildman–Crippen MR) is 85.4 cm³/mol. The molecule has 1 aliphatic heterocycles. The van der Waals surface area contributed by atoms with Crippen molar-refractivity contribution < 1.29 is 9.53 Å². The Hall–Kier alpha value is -2.03. The lowest BCUT2D eigenvalue weighted by atomic mass is 10.2. The topological polar surface area (TPSA) is 65.4 Å². The third-order valence-corrected chi connectivity index (χ3v) is 3.54. The Morgan fingerprint density at radius 1 is 1.36 bits per heavy atom. The van der Waals surface area contributed by atoms with Gasteiger partial charge in [-0.2, -0.15) is 5.26 Å². The summed E-state index contributed by atoms with van der Waals surface area (Å²) in [7, 11) is 0. The summed E-state index contributed by atoms with van der Waals surface area (Å²) in [6.45, 7) is 4.81. The zero-order valence-electron chi connectivity index (χ0n) is 12.5. The molecule has 22 heavy (non-hydrogen) atoms. The molecule has 0 spiro atoms. The van der Waals surface area contributed by atoms with Gasteiger partial charge in [0.1, 0.15) is 11.6 Å². The van der Waals surface area contributed by atoms with Gasteiger partial charge >= 0.3 is 0 Å². The minimum atomic E-state index is -0.286. The molecule has 5 nitrogen and oxygen atoms in total. The molecule has 2 unspecified atom stereocenters. The van der Waals surface area contributed by atoms with Crippen LogP contribution in [0.25, 0.3) is 0 Å². The molecule has 1 fully saturated rings. The Bertz CT molecular complexity index is 597. The molecule has 1 amide bonds. The number of carbonyl (C=O) groups is 1.